The van der Waals surface area contributed by atoms with E-state index in [0.29, 0.717) is 23.9 Å². The summed E-state index contributed by atoms with van der Waals surface area (Å²) in [5, 5.41) is 0. The molecule has 0 bridgehead atoms. The molecule has 0 aliphatic carbocycles. The largest absolute Gasteiger partial charge is 0.481 e. The van der Waals surface area contributed by atoms with Gasteiger partial charge in [0.15, 0.2) is 5.75 Å². The number of ether oxygens (including phenoxy) is 2. The third-order valence-corrected chi connectivity index (χ3v) is 1.62. The Morgan fingerprint density at radius 3 is 3.33 bits per heavy atom. The normalized spacial score (nSPS) is 20.6. The van der Waals surface area contributed by atoms with E-state index in [-0.39, 0.29) is 6.10 Å². The summed E-state index contributed by atoms with van der Waals surface area (Å²) in [4.78, 5) is 3.98. The quantitative estimate of drug-likeness (QED) is 0.620. The minimum atomic E-state index is 0.0705. The third-order valence-electron chi connectivity index (χ3n) is 1.62. The smallest absolute Gasteiger partial charge is 0.257 e. The summed E-state index contributed by atoms with van der Waals surface area (Å²) in [6, 6.07) is 1.72. The zero-order valence-corrected chi connectivity index (χ0v) is 6.78. The molecule has 0 radical (unpaired) electrons. The molecule has 0 unspecified atom stereocenters. The average Bonchev–Trinajstić information content (AvgIpc) is 2.03. The van der Waals surface area contributed by atoms with Crippen LogP contribution < -0.4 is 15.2 Å². The van der Waals surface area contributed by atoms with Gasteiger partial charge in [-0.15, -0.1) is 0 Å². The number of pyridine rings is 1. The van der Waals surface area contributed by atoms with E-state index < -0.39 is 0 Å². The second kappa shape index (κ2) is 2.55. The van der Waals surface area contributed by atoms with E-state index in [1.807, 2.05) is 6.92 Å². The van der Waals surface area contributed by atoms with Crippen molar-refractivity contribution in [2.75, 3.05) is 12.3 Å². The van der Waals surface area contributed by atoms with Gasteiger partial charge in [0, 0.05) is 6.07 Å². The van der Waals surface area contributed by atoms with Crippen molar-refractivity contribution >= 4 is 5.69 Å². The molecular formula is C8H10N2O2. The minimum Gasteiger partial charge on any atom is -0.481 e. The van der Waals surface area contributed by atoms with E-state index in [9.17, 15) is 0 Å². The van der Waals surface area contributed by atoms with Crippen LogP contribution in [0.4, 0.5) is 5.69 Å². The van der Waals surface area contributed by atoms with Crippen molar-refractivity contribution in [2.24, 2.45) is 0 Å². The van der Waals surface area contributed by atoms with Crippen molar-refractivity contribution in [1.29, 1.82) is 0 Å². The van der Waals surface area contributed by atoms with Gasteiger partial charge in [-0.25, -0.2) is 4.98 Å². The van der Waals surface area contributed by atoms with E-state index >= 15 is 0 Å². The van der Waals surface area contributed by atoms with Gasteiger partial charge in [-0.1, -0.05) is 0 Å². The summed E-state index contributed by atoms with van der Waals surface area (Å²) in [6.07, 6.45) is 1.62. The Morgan fingerprint density at radius 2 is 2.50 bits per heavy atom. The SMILES string of the molecule is C[C@H]1COc2ncc(N)cc2O1. The van der Waals surface area contributed by atoms with Gasteiger partial charge in [-0.2, -0.15) is 0 Å². The summed E-state index contributed by atoms with van der Waals surface area (Å²) in [6.45, 7) is 2.48. The van der Waals surface area contributed by atoms with Crippen molar-refractivity contribution in [3.05, 3.63) is 12.3 Å². The fraction of sp³-hybridized carbons (Fsp3) is 0.375. The standard InChI is InChI=1S/C8H10N2O2/c1-5-4-11-8-7(12-5)2-6(9)3-10-8/h2-3,5H,4,9H2,1H3/t5-/m0/s1. The number of hydrogen-bond acceptors (Lipinski definition) is 4. The molecule has 1 atom stereocenters. The fourth-order valence-electron chi connectivity index (χ4n) is 1.09. The topological polar surface area (TPSA) is 57.4 Å². The molecule has 1 aromatic heterocycles. The Balaban J connectivity index is 2.37. The van der Waals surface area contributed by atoms with Crippen LogP contribution in [0.2, 0.25) is 0 Å². The molecule has 2 rings (SSSR count). The minimum absolute atomic E-state index is 0.0705. The van der Waals surface area contributed by atoms with Gasteiger partial charge in [-0.3, -0.25) is 0 Å². The lowest BCUT2D eigenvalue weighted by molar-refractivity contribution is 0.0990. The van der Waals surface area contributed by atoms with Gasteiger partial charge in [0.2, 0.25) is 0 Å². The molecule has 0 saturated heterocycles. The molecule has 1 aromatic rings. The lowest BCUT2D eigenvalue weighted by Gasteiger charge is -2.22. The molecule has 0 spiro atoms. The molecule has 0 amide bonds. The van der Waals surface area contributed by atoms with Crippen molar-refractivity contribution in [3.63, 3.8) is 0 Å². The van der Waals surface area contributed by atoms with Gasteiger partial charge >= 0.3 is 0 Å². The molecule has 2 N–H and O–H groups in total. The summed E-state index contributed by atoms with van der Waals surface area (Å²) < 4.78 is 10.7. The molecule has 4 heteroatoms. The molecule has 0 saturated carbocycles. The van der Waals surface area contributed by atoms with Gasteiger partial charge in [0.05, 0.1) is 11.9 Å². The van der Waals surface area contributed by atoms with Crippen LogP contribution in [0.1, 0.15) is 6.92 Å². The van der Waals surface area contributed by atoms with Gasteiger partial charge in [-0.05, 0) is 6.92 Å². The van der Waals surface area contributed by atoms with Gasteiger partial charge in [0.25, 0.3) is 5.88 Å². The second-order valence-corrected chi connectivity index (χ2v) is 2.81. The number of nitrogen functional groups attached to an aromatic ring is 1. The highest BCUT2D eigenvalue weighted by Crippen LogP contribution is 2.30. The lowest BCUT2D eigenvalue weighted by atomic mass is 10.3. The lowest BCUT2D eigenvalue weighted by Crippen LogP contribution is -2.26. The first-order chi connectivity index (χ1) is 5.75. The molecule has 4 nitrogen and oxygen atoms in total. The predicted octanol–water partition coefficient (Wildman–Crippen LogP) is 0.824. The first-order valence-corrected chi connectivity index (χ1v) is 3.80. The summed E-state index contributed by atoms with van der Waals surface area (Å²) in [5.41, 5.74) is 6.12. The second-order valence-electron chi connectivity index (χ2n) is 2.81. The molecule has 12 heavy (non-hydrogen) atoms. The van der Waals surface area contributed by atoms with Crippen LogP contribution in [-0.4, -0.2) is 17.7 Å². The van der Waals surface area contributed by atoms with E-state index in [4.69, 9.17) is 15.2 Å². The Morgan fingerprint density at radius 1 is 1.67 bits per heavy atom. The van der Waals surface area contributed by atoms with Crippen LogP contribution >= 0.6 is 0 Å². The molecule has 2 heterocycles. The van der Waals surface area contributed by atoms with Crippen molar-refractivity contribution < 1.29 is 9.47 Å². The monoisotopic (exact) mass is 166 g/mol. The van der Waals surface area contributed by atoms with E-state index in [1.165, 1.54) is 0 Å². The zero-order chi connectivity index (χ0) is 8.55. The third kappa shape index (κ3) is 1.15. The average molecular weight is 166 g/mol. The van der Waals surface area contributed by atoms with E-state index in [1.54, 1.807) is 12.3 Å². The van der Waals surface area contributed by atoms with E-state index in [2.05, 4.69) is 4.98 Å². The summed E-state index contributed by atoms with van der Waals surface area (Å²) in [5.74, 6) is 1.16. The molecule has 1 aliphatic rings. The first-order valence-electron chi connectivity index (χ1n) is 3.80. The van der Waals surface area contributed by atoms with E-state index in [0.717, 1.165) is 0 Å². The Labute approximate surface area is 70.3 Å². The number of anilines is 1. The number of rotatable bonds is 0. The van der Waals surface area contributed by atoms with Crippen LogP contribution in [0.15, 0.2) is 12.3 Å². The van der Waals surface area contributed by atoms with Crippen molar-refractivity contribution in [3.8, 4) is 11.6 Å². The summed E-state index contributed by atoms with van der Waals surface area (Å²) >= 11 is 0. The Kier molecular flexibility index (Phi) is 1.53. The van der Waals surface area contributed by atoms with Crippen LogP contribution in [0, 0.1) is 0 Å². The molecule has 1 aliphatic heterocycles. The number of nitrogens with two attached hydrogens (primary N) is 1. The number of hydrogen-bond donors (Lipinski definition) is 1. The van der Waals surface area contributed by atoms with Gasteiger partial charge < -0.3 is 15.2 Å². The van der Waals surface area contributed by atoms with Gasteiger partial charge in [0.1, 0.15) is 12.7 Å². The van der Waals surface area contributed by atoms with Crippen LogP contribution in [-0.2, 0) is 0 Å². The first kappa shape index (κ1) is 7.21. The van der Waals surface area contributed by atoms with Crippen LogP contribution in [0.3, 0.4) is 0 Å². The maximum atomic E-state index is 5.53. The van der Waals surface area contributed by atoms with Crippen LogP contribution in [0.25, 0.3) is 0 Å². The highest BCUT2D eigenvalue weighted by molar-refractivity contribution is 5.47. The Hall–Kier alpha value is -1.45. The molecule has 64 valence electrons. The molecule has 0 aromatic carbocycles. The zero-order valence-electron chi connectivity index (χ0n) is 6.78. The highest BCUT2D eigenvalue weighted by Gasteiger charge is 2.17. The number of aromatic nitrogens is 1. The molecular weight excluding hydrogens is 156 g/mol. The summed E-state index contributed by atoms with van der Waals surface area (Å²) in [7, 11) is 0. The van der Waals surface area contributed by atoms with Crippen LogP contribution in [0.5, 0.6) is 11.6 Å². The molecule has 0 fully saturated rings. The number of fused-ring (bicyclic) bond motifs is 1. The highest BCUT2D eigenvalue weighted by atomic mass is 16.6. The number of nitrogens with zero attached hydrogens (tertiary/aromatic N) is 1. The Bertz CT molecular complexity index is 301. The fourth-order valence-corrected chi connectivity index (χ4v) is 1.09. The van der Waals surface area contributed by atoms with Crippen molar-refractivity contribution in [2.45, 2.75) is 13.0 Å². The maximum absolute atomic E-state index is 5.53. The predicted molar refractivity (Wildman–Crippen MR) is 44.2 cm³/mol. The maximum Gasteiger partial charge on any atom is 0.257 e. The van der Waals surface area contributed by atoms with Crippen molar-refractivity contribution in [1.82, 2.24) is 4.98 Å².